The highest BCUT2D eigenvalue weighted by atomic mass is 16.4. The fourth-order valence-electron chi connectivity index (χ4n) is 1.44. The molecule has 0 aliphatic heterocycles. The van der Waals surface area contributed by atoms with Crippen LogP contribution in [0.15, 0.2) is 36.9 Å². The number of carbonyl (C=O) groups is 2. The van der Waals surface area contributed by atoms with Gasteiger partial charge in [-0.15, -0.1) is 0 Å². The van der Waals surface area contributed by atoms with E-state index in [1.807, 2.05) is 0 Å². The van der Waals surface area contributed by atoms with Crippen molar-refractivity contribution in [2.45, 2.75) is 6.92 Å². The molecule has 2 N–H and O–H groups in total. The van der Waals surface area contributed by atoms with Crippen LogP contribution >= 0.6 is 0 Å². The smallest absolute Gasteiger partial charge is 0.335 e. The second-order valence-electron chi connectivity index (χ2n) is 3.36. The number of hydrogen-bond acceptors (Lipinski definition) is 2. The van der Waals surface area contributed by atoms with Gasteiger partial charge in [0.25, 0.3) is 0 Å². The summed E-state index contributed by atoms with van der Waals surface area (Å²) in [4.78, 5) is 21.8. The van der Waals surface area contributed by atoms with Crippen LogP contribution < -0.4 is 0 Å². The van der Waals surface area contributed by atoms with Gasteiger partial charge in [0.15, 0.2) is 0 Å². The van der Waals surface area contributed by atoms with Gasteiger partial charge in [-0.05, 0) is 36.3 Å². The van der Waals surface area contributed by atoms with Crippen LogP contribution in [0.1, 0.15) is 33.2 Å². The predicted molar refractivity (Wildman–Crippen MR) is 64.2 cm³/mol. The third-order valence-corrected chi connectivity index (χ3v) is 2.29. The van der Waals surface area contributed by atoms with Crippen LogP contribution in [0.2, 0.25) is 0 Å². The van der Waals surface area contributed by atoms with E-state index in [0.29, 0.717) is 11.1 Å². The second-order valence-corrected chi connectivity index (χ2v) is 3.36. The maximum Gasteiger partial charge on any atom is 0.335 e. The van der Waals surface area contributed by atoms with E-state index >= 15 is 0 Å². The van der Waals surface area contributed by atoms with Crippen LogP contribution in [0, 0.1) is 0 Å². The van der Waals surface area contributed by atoms with Gasteiger partial charge in [-0.25, -0.2) is 9.59 Å². The molecule has 0 aliphatic carbocycles. The van der Waals surface area contributed by atoms with Gasteiger partial charge in [0, 0.05) is 0 Å². The van der Waals surface area contributed by atoms with Crippen molar-refractivity contribution in [2.24, 2.45) is 0 Å². The Hall–Kier alpha value is -2.36. The Labute approximate surface area is 98.5 Å². The molecule has 1 aromatic carbocycles. The predicted octanol–water partition coefficient (Wildman–Crippen LogP) is 2.67. The van der Waals surface area contributed by atoms with E-state index < -0.39 is 11.9 Å². The maximum atomic E-state index is 10.9. The number of carboxylic acids is 2. The first-order valence-electron chi connectivity index (χ1n) is 4.90. The lowest BCUT2D eigenvalue weighted by Crippen LogP contribution is -2.03. The third-order valence-electron chi connectivity index (χ3n) is 2.29. The summed E-state index contributed by atoms with van der Waals surface area (Å²) in [7, 11) is 0. The molecule has 0 bridgehead atoms. The molecule has 0 atom stereocenters. The minimum atomic E-state index is -1.16. The normalized spacial score (nSPS) is 11.0. The topological polar surface area (TPSA) is 74.6 Å². The summed E-state index contributed by atoms with van der Waals surface area (Å²) in [6, 6.07) is 3.97. The van der Waals surface area contributed by atoms with E-state index in [0.717, 1.165) is 6.07 Å². The molecule has 0 amide bonds. The maximum absolute atomic E-state index is 10.9. The molecular weight excluding hydrogens is 220 g/mol. The summed E-state index contributed by atoms with van der Waals surface area (Å²) in [5, 5.41) is 17.8. The first-order chi connectivity index (χ1) is 7.99. The molecule has 0 aromatic heterocycles. The zero-order chi connectivity index (χ0) is 13.0. The van der Waals surface area contributed by atoms with E-state index in [2.05, 4.69) is 6.58 Å². The summed E-state index contributed by atoms with van der Waals surface area (Å²) in [6.07, 6.45) is 3.28. The van der Waals surface area contributed by atoms with Crippen LogP contribution in [0.25, 0.3) is 5.57 Å². The Morgan fingerprint density at radius 3 is 1.76 bits per heavy atom. The fraction of sp³-hybridized carbons (Fsp3) is 0.0769. The molecule has 0 radical (unpaired) electrons. The highest BCUT2D eigenvalue weighted by Gasteiger charge is 2.12. The number of carboxylic acid groups (broad SMARTS) is 2. The molecule has 0 unspecified atom stereocenters. The molecule has 0 spiro atoms. The van der Waals surface area contributed by atoms with Crippen molar-refractivity contribution in [1.82, 2.24) is 0 Å². The molecular formula is C13H12O4. The fourth-order valence-corrected chi connectivity index (χ4v) is 1.44. The zero-order valence-corrected chi connectivity index (χ0v) is 9.30. The Balaban J connectivity index is 3.46. The summed E-state index contributed by atoms with van der Waals surface area (Å²) >= 11 is 0. The molecule has 4 heteroatoms. The second kappa shape index (κ2) is 5.12. The highest BCUT2D eigenvalue weighted by Crippen LogP contribution is 2.19. The Bertz CT molecular complexity index is 480. The van der Waals surface area contributed by atoms with Gasteiger partial charge in [0.05, 0.1) is 11.1 Å². The first-order valence-corrected chi connectivity index (χ1v) is 4.90. The average Bonchev–Trinajstić information content (AvgIpc) is 2.30. The summed E-state index contributed by atoms with van der Waals surface area (Å²) < 4.78 is 0. The van der Waals surface area contributed by atoms with Gasteiger partial charge in [-0.3, -0.25) is 0 Å². The van der Waals surface area contributed by atoms with Gasteiger partial charge < -0.3 is 10.2 Å². The Kier molecular flexibility index (Phi) is 3.82. The monoisotopic (exact) mass is 232 g/mol. The van der Waals surface area contributed by atoms with Crippen molar-refractivity contribution in [3.05, 3.63) is 53.6 Å². The number of allylic oxidation sites excluding steroid dienone is 3. The lowest BCUT2D eigenvalue weighted by atomic mass is 9.99. The van der Waals surface area contributed by atoms with E-state index in [1.165, 1.54) is 12.1 Å². The molecule has 0 heterocycles. The van der Waals surface area contributed by atoms with Crippen LogP contribution in [0.3, 0.4) is 0 Å². The number of benzene rings is 1. The molecule has 88 valence electrons. The standard InChI is InChI=1S/C13H12O4/c1-3-8(4-2)9-5-10(12(14)15)7-11(6-9)13(16)17/h3-7H,1H2,2H3,(H,14,15)(H,16,17)/b8-4+. The molecule has 1 rings (SSSR count). The SMILES string of the molecule is C=C/C(=C\C)c1cc(C(=O)O)cc(C(=O)O)c1. The molecule has 0 aliphatic rings. The highest BCUT2D eigenvalue weighted by molar-refractivity contribution is 5.96. The third kappa shape index (κ3) is 2.81. The average molecular weight is 232 g/mol. The zero-order valence-electron chi connectivity index (χ0n) is 9.30. The molecule has 17 heavy (non-hydrogen) atoms. The lowest BCUT2D eigenvalue weighted by Gasteiger charge is -2.05. The molecule has 4 nitrogen and oxygen atoms in total. The number of hydrogen-bond donors (Lipinski definition) is 2. The van der Waals surface area contributed by atoms with Crippen molar-refractivity contribution in [3.8, 4) is 0 Å². The van der Waals surface area contributed by atoms with Crippen molar-refractivity contribution >= 4 is 17.5 Å². The van der Waals surface area contributed by atoms with E-state index in [-0.39, 0.29) is 11.1 Å². The van der Waals surface area contributed by atoms with Gasteiger partial charge in [-0.2, -0.15) is 0 Å². The Morgan fingerprint density at radius 2 is 1.47 bits per heavy atom. The lowest BCUT2D eigenvalue weighted by molar-refractivity contribution is 0.0696. The van der Waals surface area contributed by atoms with Crippen molar-refractivity contribution in [3.63, 3.8) is 0 Å². The first kappa shape index (κ1) is 12.7. The van der Waals surface area contributed by atoms with Crippen LogP contribution in [-0.4, -0.2) is 22.2 Å². The van der Waals surface area contributed by atoms with Gasteiger partial charge in [0.2, 0.25) is 0 Å². The quantitative estimate of drug-likeness (QED) is 0.782. The van der Waals surface area contributed by atoms with E-state index in [9.17, 15) is 9.59 Å². The van der Waals surface area contributed by atoms with E-state index in [4.69, 9.17) is 10.2 Å². The molecule has 0 fully saturated rings. The van der Waals surface area contributed by atoms with Crippen LogP contribution in [-0.2, 0) is 0 Å². The van der Waals surface area contributed by atoms with Gasteiger partial charge in [-0.1, -0.05) is 18.7 Å². The van der Waals surface area contributed by atoms with Gasteiger partial charge >= 0.3 is 11.9 Å². The van der Waals surface area contributed by atoms with Crippen LogP contribution in [0.5, 0.6) is 0 Å². The summed E-state index contributed by atoms with van der Waals surface area (Å²) in [5.41, 5.74) is 1.11. The molecule has 1 aromatic rings. The van der Waals surface area contributed by atoms with Crippen molar-refractivity contribution in [2.75, 3.05) is 0 Å². The van der Waals surface area contributed by atoms with E-state index in [1.54, 1.807) is 19.1 Å². The minimum Gasteiger partial charge on any atom is -0.478 e. The Morgan fingerprint density at radius 1 is 1.06 bits per heavy atom. The van der Waals surface area contributed by atoms with Crippen LogP contribution in [0.4, 0.5) is 0 Å². The molecule has 0 saturated heterocycles. The number of aromatic carboxylic acids is 2. The molecule has 0 saturated carbocycles. The van der Waals surface area contributed by atoms with Crippen molar-refractivity contribution in [1.29, 1.82) is 0 Å². The largest absolute Gasteiger partial charge is 0.478 e. The van der Waals surface area contributed by atoms with Gasteiger partial charge in [0.1, 0.15) is 0 Å². The summed E-state index contributed by atoms with van der Waals surface area (Å²) in [5.74, 6) is -2.32. The van der Waals surface area contributed by atoms with Crippen molar-refractivity contribution < 1.29 is 19.8 Å². The number of rotatable bonds is 4. The minimum absolute atomic E-state index is 0.0545. The summed E-state index contributed by atoms with van der Waals surface area (Å²) in [6.45, 7) is 5.36.